The van der Waals surface area contributed by atoms with Crippen LogP contribution in [0.3, 0.4) is 0 Å². The molecule has 1 aliphatic heterocycles. The summed E-state index contributed by atoms with van der Waals surface area (Å²) in [5, 5.41) is 4.17. The molecule has 7 heteroatoms. The maximum atomic E-state index is 12.8. The number of nitrogens with one attached hydrogen (secondary N) is 1. The van der Waals surface area contributed by atoms with Crippen LogP contribution in [-0.4, -0.2) is 20.2 Å². The average molecular weight is 376 g/mol. The van der Waals surface area contributed by atoms with Crippen LogP contribution in [0.15, 0.2) is 27.6 Å². The second-order valence-corrected chi connectivity index (χ2v) is 8.87. The molecule has 0 unspecified atom stereocenters. The van der Waals surface area contributed by atoms with Gasteiger partial charge in [-0.3, -0.25) is 0 Å². The fraction of sp³-hybridized carbons (Fsp3) is 0.526. The van der Waals surface area contributed by atoms with Gasteiger partial charge in [0.1, 0.15) is 5.75 Å². The first-order valence-corrected chi connectivity index (χ1v) is 10.8. The number of rotatable bonds is 4. The lowest BCUT2D eigenvalue weighted by Gasteiger charge is -2.19. The Morgan fingerprint density at radius 3 is 2.77 bits per heavy atom. The van der Waals surface area contributed by atoms with Gasteiger partial charge in [0.15, 0.2) is 0 Å². The summed E-state index contributed by atoms with van der Waals surface area (Å²) in [5.41, 5.74) is 2.61. The standard InChI is InChI=1S/C19H24N2O4S/c1-13-18(14-6-3-2-4-7-14)20-25-19(13)21-26(22,23)16-9-10-17-15(12-16)8-5-11-24-17/h9-10,12,14,21H,2-8,11H2,1H3. The number of ether oxygens (including phenoxy) is 1. The molecule has 1 saturated carbocycles. The van der Waals surface area contributed by atoms with Gasteiger partial charge < -0.3 is 9.26 Å². The Labute approximate surface area is 154 Å². The first-order chi connectivity index (χ1) is 12.5. The smallest absolute Gasteiger partial charge is 0.264 e. The zero-order valence-corrected chi connectivity index (χ0v) is 15.8. The Balaban J connectivity index is 1.57. The third kappa shape index (κ3) is 3.32. The lowest BCUT2D eigenvalue weighted by molar-refractivity contribution is 0.288. The number of hydrogen-bond acceptors (Lipinski definition) is 5. The molecule has 26 heavy (non-hydrogen) atoms. The third-order valence-electron chi connectivity index (χ3n) is 5.37. The Kier molecular flexibility index (Phi) is 4.65. The summed E-state index contributed by atoms with van der Waals surface area (Å²) in [4.78, 5) is 0.219. The molecule has 0 radical (unpaired) electrons. The Hall–Kier alpha value is -2.02. The Morgan fingerprint density at radius 1 is 1.15 bits per heavy atom. The van der Waals surface area contributed by atoms with E-state index in [1.54, 1.807) is 18.2 Å². The van der Waals surface area contributed by atoms with E-state index in [0.29, 0.717) is 12.5 Å². The van der Waals surface area contributed by atoms with Crippen LogP contribution in [0.25, 0.3) is 0 Å². The van der Waals surface area contributed by atoms with E-state index in [9.17, 15) is 8.42 Å². The van der Waals surface area contributed by atoms with Gasteiger partial charge in [0.25, 0.3) is 10.0 Å². The van der Waals surface area contributed by atoms with Gasteiger partial charge in [-0.1, -0.05) is 24.4 Å². The number of nitrogens with zero attached hydrogens (tertiary/aromatic N) is 1. The highest BCUT2D eigenvalue weighted by atomic mass is 32.2. The van der Waals surface area contributed by atoms with Crippen molar-refractivity contribution in [2.75, 3.05) is 11.3 Å². The van der Waals surface area contributed by atoms with Gasteiger partial charge in [0, 0.05) is 11.5 Å². The van der Waals surface area contributed by atoms with Crippen LogP contribution in [0.4, 0.5) is 5.88 Å². The number of sulfonamides is 1. The summed E-state index contributed by atoms with van der Waals surface area (Å²) in [6.07, 6.45) is 7.54. The quantitative estimate of drug-likeness (QED) is 0.867. The summed E-state index contributed by atoms with van der Waals surface area (Å²) in [6, 6.07) is 4.98. The van der Waals surface area contributed by atoms with Gasteiger partial charge in [-0.15, -0.1) is 0 Å². The number of aryl methyl sites for hydroxylation is 1. The van der Waals surface area contributed by atoms with Crippen LogP contribution < -0.4 is 9.46 Å². The van der Waals surface area contributed by atoms with Crippen molar-refractivity contribution in [3.63, 3.8) is 0 Å². The zero-order valence-electron chi connectivity index (χ0n) is 15.0. The lowest BCUT2D eigenvalue weighted by Crippen LogP contribution is -2.15. The summed E-state index contributed by atoms with van der Waals surface area (Å²) >= 11 is 0. The highest BCUT2D eigenvalue weighted by molar-refractivity contribution is 7.92. The molecule has 1 aliphatic carbocycles. The third-order valence-corrected chi connectivity index (χ3v) is 6.70. The molecule has 0 spiro atoms. The SMILES string of the molecule is Cc1c(C2CCCCC2)noc1NS(=O)(=O)c1ccc2c(c1)CCCO2. The number of aromatic nitrogens is 1. The molecular formula is C19H24N2O4S. The second kappa shape index (κ2) is 6.95. The average Bonchev–Trinajstić information content (AvgIpc) is 3.02. The minimum absolute atomic E-state index is 0.219. The van der Waals surface area contributed by atoms with E-state index in [-0.39, 0.29) is 10.8 Å². The summed E-state index contributed by atoms with van der Waals surface area (Å²) in [7, 11) is -3.73. The van der Waals surface area contributed by atoms with Crippen LogP contribution in [-0.2, 0) is 16.4 Å². The first kappa shape index (κ1) is 17.4. The van der Waals surface area contributed by atoms with Crippen molar-refractivity contribution in [1.29, 1.82) is 0 Å². The van der Waals surface area contributed by atoms with E-state index in [1.165, 1.54) is 19.3 Å². The van der Waals surface area contributed by atoms with Gasteiger partial charge in [0.05, 0.1) is 17.2 Å². The molecule has 1 N–H and O–H groups in total. The van der Waals surface area contributed by atoms with Crippen LogP contribution in [0, 0.1) is 6.92 Å². The van der Waals surface area contributed by atoms with Crippen molar-refractivity contribution >= 4 is 15.9 Å². The van der Waals surface area contributed by atoms with Crippen molar-refractivity contribution < 1.29 is 17.7 Å². The van der Waals surface area contributed by atoms with Crippen LogP contribution in [0.2, 0.25) is 0 Å². The topological polar surface area (TPSA) is 81.4 Å². The van der Waals surface area contributed by atoms with E-state index < -0.39 is 10.0 Å². The molecule has 4 rings (SSSR count). The molecule has 0 amide bonds. The molecular weight excluding hydrogens is 352 g/mol. The first-order valence-electron chi connectivity index (χ1n) is 9.29. The Morgan fingerprint density at radius 2 is 1.96 bits per heavy atom. The molecule has 2 heterocycles. The van der Waals surface area contributed by atoms with Crippen LogP contribution in [0.5, 0.6) is 5.75 Å². The van der Waals surface area contributed by atoms with Crippen LogP contribution >= 0.6 is 0 Å². The van der Waals surface area contributed by atoms with Gasteiger partial charge in [-0.05, 0) is 56.4 Å². The van der Waals surface area contributed by atoms with Crippen molar-refractivity contribution in [3.05, 3.63) is 35.0 Å². The number of hydrogen-bond donors (Lipinski definition) is 1. The molecule has 2 aromatic rings. The molecule has 0 atom stereocenters. The summed E-state index contributed by atoms with van der Waals surface area (Å²) in [5.74, 6) is 1.36. The van der Waals surface area contributed by atoms with Gasteiger partial charge in [-0.25, -0.2) is 13.1 Å². The largest absolute Gasteiger partial charge is 0.493 e. The van der Waals surface area contributed by atoms with Crippen LogP contribution in [0.1, 0.15) is 61.3 Å². The molecule has 0 saturated heterocycles. The monoisotopic (exact) mass is 376 g/mol. The zero-order chi connectivity index (χ0) is 18.1. The van der Waals surface area contributed by atoms with Gasteiger partial charge >= 0.3 is 0 Å². The van der Waals surface area contributed by atoms with E-state index >= 15 is 0 Å². The number of benzene rings is 1. The maximum absolute atomic E-state index is 12.8. The molecule has 140 valence electrons. The van der Waals surface area contributed by atoms with E-state index in [1.807, 2.05) is 6.92 Å². The minimum atomic E-state index is -3.73. The maximum Gasteiger partial charge on any atom is 0.264 e. The second-order valence-electron chi connectivity index (χ2n) is 7.18. The predicted octanol–water partition coefficient (Wildman–Crippen LogP) is 4.16. The highest BCUT2D eigenvalue weighted by Gasteiger charge is 2.26. The molecule has 1 fully saturated rings. The number of fused-ring (bicyclic) bond motifs is 1. The Bertz CT molecular complexity index is 898. The predicted molar refractivity (Wildman–Crippen MR) is 98.1 cm³/mol. The van der Waals surface area contributed by atoms with Crippen molar-refractivity contribution in [2.24, 2.45) is 0 Å². The molecule has 6 nitrogen and oxygen atoms in total. The van der Waals surface area contributed by atoms with Crippen molar-refractivity contribution in [1.82, 2.24) is 5.16 Å². The minimum Gasteiger partial charge on any atom is -0.493 e. The fourth-order valence-electron chi connectivity index (χ4n) is 3.88. The summed E-state index contributed by atoms with van der Waals surface area (Å²) < 4.78 is 39.1. The molecule has 1 aromatic heterocycles. The highest BCUT2D eigenvalue weighted by Crippen LogP contribution is 2.36. The molecule has 2 aliphatic rings. The molecule has 0 bridgehead atoms. The van der Waals surface area contributed by atoms with Gasteiger partial charge in [0.2, 0.25) is 5.88 Å². The lowest BCUT2D eigenvalue weighted by atomic mass is 9.86. The van der Waals surface area contributed by atoms with Gasteiger partial charge in [-0.2, -0.15) is 0 Å². The number of anilines is 1. The van der Waals surface area contributed by atoms with E-state index in [2.05, 4.69) is 9.88 Å². The van der Waals surface area contributed by atoms with E-state index in [0.717, 1.165) is 48.3 Å². The van der Waals surface area contributed by atoms with Crippen molar-refractivity contribution in [2.45, 2.75) is 62.7 Å². The van der Waals surface area contributed by atoms with Crippen molar-refractivity contribution in [3.8, 4) is 5.75 Å². The fourth-order valence-corrected chi connectivity index (χ4v) is 4.98. The molecule has 1 aromatic carbocycles. The normalized spacial score (nSPS) is 18.2. The summed E-state index contributed by atoms with van der Waals surface area (Å²) in [6.45, 7) is 2.55. The van der Waals surface area contributed by atoms with E-state index in [4.69, 9.17) is 9.26 Å².